The predicted molar refractivity (Wildman–Crippen MR) is 93.4 cm³/mol. The molecular formula is C18H18ClN3O2. The average molecular weight is 344 g/mol. The van der Waals surface area contributed by atoms with E-state index in [-0.39, 0.29) is 23.6 Å². The number of carbonyl (C=O) groups is 2. The van der Waals surface area contributed by atoms with Crippen LogP contribution in [0.3, 0.4) is 0 Å². The molecule has 0 spiro atoms. The van der Waals surface area contributed by atoms with Gasteiger partial charge in [-0.25, -0.2) is 0 Å². The van der Waals surface area contributed by atoms with Crippen LogP contribution in [-0.2, 0) is 0 Å². The zero-order valence-corrected chi connectivity index (χ0v) is 13.8. The molecule has 0 aliphatic heterocycles. The van der Waals surface area contributed by atoms with E-state index in [4.69, 9.17) is 11.6 Å². The second-order valence-corrected chi connectivity index (χ2v) is 6.29. The molecule has 124 valence electrons. The van der Waals surface area contributed by atoms with Gasteiger partial charge in [0, 0.05) is 28.5 Å². The van der Waals surface area contributed by atoms with E-state index in [1.807, 2.05) is 0 Å². The highest BCUT2D eigenvalue weighted by Crippen LogP contribution is 2.18. The minimum Gasteiger partial charge on any atom is -0.349 e. The first-order valence-electron chi connectivity index (χ1n) is 7.95. The third kappa shape index (κ3) is 4.11. The summed E-state index contributed by atoms with van der Waals surface area (Å²) in [5.74, 6) is -0.547. The van der Waals surface area contributed by atoms with Gasteiger partial charge in [0.05, 0.1) is 0 Å². The number of amides is 2. The summed E-state index contributed by atoms with van der Waals surface area (Å²) in [5.41, 5.74) is 1.21. The first kappa shape index (κ1) is 16.5. The Morgan fingerprint density at radius 1 is 1.08 bits per heavy atom. The van der Waals surface area contributed by atoms with Crippen molar-refractivity contribution < 1.29 is 9.59 Å². The van der Waals surface area contributed by atoms with Crippen LogP contribution in [0.15, 0.2) is 42.6 Å². The number of aromatic nitrogens is 1. The van der Waals surface area contributed by atoms with E-state index < -0.39 is 0 Å². The molecule has 0 bridgehead atoms. The molecule has 1 aliphatic rings. The fourth-order valence-electron chi connectivity index (χ4n) is 2.80. The number of pyridine rings is 1. The second-order valence-electron chi connectivity index (χ2n) is 5.85. The Morgan fingerprint density at radius 2 is 1.88 bits per heavy atom. The number of hydrogen-bond acceptors (Lipinski definition) is 3. The molecule has 3 rings (SSSR count). The molecule has 1 saturated carbocycles. The summed E-state index contributed by atoms with van der Waals surface area (Å²) in [5, 5.41) is 6.26. The maximum absolute atomic E-state index is 12.3. The van der Waals surface area contributed by atoms with Crippen LogP contribution in [0.25, 0.3) is 0 Å². The monoisotopic (exact) mass is 343 g/mol. The van der Waals surface area contributed by atoms with Crippen LogP contribution in [0.5, 0.6) is 0 Å². The fourth-order valence-corrected chi connectivity index (χ4v) is 2.99. The van der Waals surface area contributed by atoms with Crippen LogP contribution in [0, 0.1) is 0 Å². The molecule has 1 fully saturated rings. The molecule has 0 saturated heterocycles. The van der Waals surface area contributed by atoms with E-state index >= 15 is 0 Å². The number of hydrogen-bond donors (Lipinski definition) is 2. The summed E-state index contributed by atoms with van der Waals surface area (Å²) in [6.07, 6.45) is 5.79. The third-order valence-electron chi connectivity index (χ3n) is 4.03. The lowest BCUT2D eigenvalue weighted by Crippen LogP contribution is -2.32. The SMILES string of the molecule is O=C(NC1CCCC1)c1ccnc(C(=O)Nc2cccc(Cl)c2)c1. The molecule has 2 aromatic rings. The van der Waals surface area contributed by atoms with Crippen LogP contribution in [0.2, 0.25) is 5.02 Å². The molecule has 1 heterocycles. The van der Waals surface area contributed by atoms with Gasteiger partial charge in [-0.2, -0.15) is 0 Å². The minimum atomic E-state index is -0.382. The molecule has 2 amide bonds. The Hall–Kier alpha value is -2.40. The number of carbonyl (C=O) groups excluding carboxylic acids is 2. The lowest BCUT2D eigenvalue weighted by molar-refractivity contribution is 0.0937. The molecule has 6 heteroatoms. The van der Waals surface area contributed by atoms with Crippen molar-refractivity contribution in [2.75, 3.05) is 5.32 Å². The van der Waals surface area contributed by atoms with Crippen molar-refractivity contribution in [3.05, 3.63) is 58.9 Å². The summed E-state index contributed by atoms with van der Waals surface area (Å²) in [6, 6.07) is 10.2. The Labute approximate surface area is 145 Å². The van der Waals surface area contributed by atoms with Gasteiger partial charge in [-0.3, -0.25) is 14.6 Å². The van der Waals surface area contributed by atoms with Gasteiger partial charge in [0.2, 0.25) is 0 Å². The highest BCUT2D eigenvalue weighted by molar-refractivity contribution is 6.30. The van der Waals surface area contributed by atoms with Gasteiger partial charge in [-0.1, -0.05) is 30.5 Å². The van der Waals surface area contributed by atoms with Crippen molar-refractivity contribution in [1.82, 2.24) is 10.3 Å². The van der Waals surface area contributed by atoms with Crippen LogP contribution < -0.4 is 10.6 Å². The van der Waals surface area contributed by atoms with Crippen molar-refractivity contribution in [2.45, 2.75) is 31.7 Å². The Kier molecular flexibility index (Phi) is 5.11. The van der Waals surface area contributed by atoms with Crippen molar-refractivity contribution in [1.29, 1.82) is 0 Å². The van der Waals surface area contributed by atoms with E-state index in [9.17, 15) is 9.59 Å². The lowest BCUT2D eigenvalue weighted by atomic mass is 10.1. The van der Waals surface area contributed by atoms with E-state index in [0.29, 0.717) is 16.3 Å². The zero-order valence-electron chi connectivity index (χ0n) is 13.1. The molecule has 0 atom stereocenters. The summed E-state index contributed by atoms with van der Waals surface area (Å²) >= 11 is 5.90. The standard InChI is InChI=1S/C18H18ClN3O2/c19-13-4-3-7-15(11-13)22-18(24)16-10-12(8-9-20-16)17(23)21-14-5-1-2-6-14/h3-4,7-11,14H,1-2,5-6H2,(H,21,23)(H,22,24). The first-order chi connectivity index (χ1) is 11.6. The maximum Gasteiger partial charge on any atom is 0.274 e. The topological polar surface area (TPSA) is 71.1 Å². The minimum absolute atomic E-state index is 0.166. The largest absolute Gasteiger partial charge is 0.349 e. The average Bonchev–Trinajstić information content (AvgIpc) is 3.08. The summed E-state index contributed by atoms with van der Waals surface area (Å²) in [7, 11) is 0. The van der Waals surface area contributed by atoms with Crippen molar-refractivity contribution in [3.63, 3.8) is 0 Å². The normalized spacial score (nSPS) is 14.4. The van der Waals surface area contributed by atoms with Gasteiger partial charge >= 0.3 is 0 Å². The van der Waals surface area contributed by atoms with E-state index in [2.05, 4.69) is 15.6 Å². The van der Waals surface area contributed by atoms with Crippen LogP contribution in [0.4, 0.5) is 5.69 Å². The highest BCUT2D eigenvalue weighted by Gasteiger charge is 2.19. The fraction of sp³-hybridized carbons (Fsp3) is 0.278. The van der Waals surface area contributed by atoms with Crippen LogP contribution in [-0.4, -0.2) is 22.8 Å². The van der Waals surface area contributed by atoms with Gasteiger partial charge < -0.3 is 10.6 Å². The number of nitrogens with one attached hydrogen (secondary N) is 2. The Balaban J connectivity index is 1.69. The number of halogens is 1. The van der Waals surface area contributed by atoms with E-state index in [1.165, 1.54) is 12.3 Å². The predicted octanol–water partition coefficient (Wildman–Crippen LogP) is 3.66. The van der Waals surface area contributed by atoms with E-state index in [0.717, 1.165) is 25.7 Å². The Bertz CT molecular complexity index is 757. The molecule has 5 nitrogen and oxygen atoms in total. The van der Waals surface area contributed by atoms with Gasteiger partial charge in [0.15, 0.2) is 0 Å². The third-order valence-corrected chi connectivity index (χ3v) is 4.26. The van der Waals surface area contributed by atoms with Crippen LogP contribution in [0.1, 0.15) is 46.5 Å². The quantitative estimate of drug-likeness (QED) is 0.890. The molecule has 1 aromatic heterocycles. The number of rotatable bonds is 4. The second kappa shape index (κ2) is 7.45. The van der Waals surface area contributed by atoms with Crippen molar-refractivity contribution in [2.24, 2.45) is 0 Å². The Morgan fingerprint density at radius 3 is 2.62 bits per heavy atom. The molecule has 24 heavy (non-hydrogen) atoms. The molecule has 2 N–H and O–H groups in total. The van der Waals surface area contributed by atoms with Crippen molar-refractivity contribution in [3.8, 4) is 0 Å². The highest BCUT2D eigenvalue weighted by atomic mass is 35.5. The number of anilines is 1. The number of benzene rings is 1. The number of nitrogens with zero attached hydrogens (tertiary/aromatic N) is 1. The maximum atomic E-state index is 12.3. The van der Waals surface area contributed by atoms with Gasteiger partial charge in [0.1, 0.15) is 5.69 Å². The summed E-state index contributed by atoms with van der Waals surface area (Å²) < 4.78 is 0. The molecule has 0 unspecified atom stereocenters. The van der Waals surface area contributed by atoms with Crippen molar-refractivity contribution >= 4 is 29.1 Å². The van der Waals surface area contributed by atoms with Crippen LogP contribution >= 0.6 is 11.6 Å². The molecule has 0 radical (unpaired) electrons. The molecule has 1 aliphatic carbocycles. The lowest BCUT2D eigenvalue weighted by Gasteiger charge is -2.12. The van der Waals surface area contributed by atoms with Gasteiger partial charge in [-0.15, -0.1) is 0 Å². The first-order valence-corrected chi connectivity index (χ1v) is 8.33. The summed E-state index contributed by atoms with van der Waals surface area (Å²) in [6.45, 7) is 0. The van der Waals surface area contributed by atoms with E-state index in [1.54, 1.807) is 30.3 Å². The van der Waals surface area contributed by atoms with Gasteiger partial charge in [0.25, 0.3) is 11.8 Å². The molecule has 1 aromatic carbocycles. The summed E-state index contributed by atoms with van der Waals surface area (Å²) in [4.78, 5) is 28.6. The molecular weight excluding hydrogens is 326 g/mol. The zero-order chi connectivity index (χ0) is 16.9. The smallest absolute Gasteiger partial charge is 0.274 e. The van der Waals surface area contributed by atoms with Gasteiger partial charge in [-0.05, 0) is 43.2 Å².